The van der Waals surface area contributed by atoms with Gasteiger partial charge in [-0.3, -0.25) is 4.79 Å². The second-order valence-electron chi connectivity index (χ2n) is 6.50. The lowest BCUT2D eigenvalue weighted by Crippen LogP contribution is -2.32. The summed E-state index contributed by atoms with van der Waals surface area (Å²) in [6, 6.07) is 0. The minimum Gasteiger partial charge on any atom is -0.481 e. The van der Waals surface area contributed by atoms with Crippen LogP contribution in [0, 0.1) is 16.7 Å². The normalized spacial score (nSPS) is 22.7. The lowest BCUT2D eigenvalue weighted by Gasteiger charge is -2.41. The highest BCUT2D eigenvalue weighted by Gasteiger charge is 2.36. The lowest BCUT2D eigenvalue weighted by molar-refractivity contribution is -0.140. The van der Waals surface area contributed by atoms with Crippen LogP contribution in [0.2, 0.25) is 0 Å². The van der Waals surface area contributed by atoms with E-state index in [4.69, 9.17) is 5.11 Å². The zero-order valence-corrected chi connectivity index (χ0v) is 10.5. The van der Waals surface area contributed by atoms with Gasteiger partial charge in [0.15, 0.2) is 0 Å². The van der Waals surface area contributed by atoms with Crippen molar-refractivity contribution in [2.24, 2.45) is 16.7 Å². The fourth-order valence-corrected chi connectivity index (χ4v) is 2.71. The zero-order valence-electron chi connectivity index (χ0n) is 10.5. The molecular formula is C13H24O2. The van der Waals surface area contributed by atoms with Gasteiger partial charge in [0.05, 0.1) is 6.42 Å². The Bertz CT molecular complexity index is 231. The molecule has 1 aliphatic rings. The maximum Gasteiger partial charge on any atom is 0.303 e. The summed E-state index contributed by atoms with van der Waals surface area (Å²) in [6.07, 6.45) is 5.15. The highest BCUT2D eigenvalue weighted by molar-refractivity contribution is 5.67. The molecule has 88 valence electrons. The second-order valence-corrected chi connectivity index (χ2v) is 6.50. The predicted molar refractivity (Wildman–Crippen MR) is 61.8 cm³/mol. The van der Waals surface area contributed by atoms with Crippen molar-refractivity contribution in [3.8, 4) is 0 Å². The van der Waals surface area contributed by atoms with Crippen LogP contribution in [0.3, 0.4) is 0 Å². The minimum atomic E-state index is -0.662. The van der Waals surface area contributed by atoms with E-state index in [0.717, 1.165) is 0 Å². The van der Waals surface area contributed by atoms with Crippen molar-refractivity contribution in [3.63, 3.8) is 0 Å². The van der Waals surface area contributed by atoms with Crippen LogP contribution >= 0.6 is 0 Å². The molecule has 1 rings (SSSR count). The monoisotopic (exact) mass is 212 g/mol. The van der Waals surface area contributed by atoms with E-state index >= 15 is 0 Å². The van der Waals surface area contributed by atoms with E-state index in [0.29, 0.717) is 17.8 Å². The lowest BCUT2D eigenvalue weighted by atomic mass is 9.64. The van der Waals surface area contributed by atoms with Gasteiger partial charge in [0, 0.05) is 0 Å². The Hall–Kier alpha value is -0.530. The third kappa shape index (κ3) is 3.51. The number of carboxylic acid groups (broad SMARTS) is 1. The van der Waals surface area contributed by atoms with Gasteiger partial charge in [0.2, 0.25) is 0 Å². The Labute approximate surface area is 93.1 Å². The third-order valence-corrected chi connectivity index (χ3v) is 4.05. The van der Waals surface area contributed by atoms with Crippen molar-refractivity contribution in [1.82, 2.24) is 0 Å². The van der Waals surface area contributed by atoms with E-state index in [1.807, 2.05) is 0 Å². The molecule has 0 aromatic carbocycles. The molecule has 2 nitrogen and oxygen atoms in total. The first-order chi connectivity index (χ1) is 6.73. The molecule has 15 heavy (non-hydrogen) atoms. The second kappa shape index (κ2) is 4.15. The third-order valence-electron chi connectivity index (χ3n) is 4.05. The summed E-state index contributed by atoms with van der Waals surface area (Å²) in [7, 11) is 0. The molecule has 0 amide bonds. The Balaban J connectivity index is 2.55. The van der Waals surface area contributed by atoms with Gasteiger partial charge in [0.1, 0.15) is 0 Å². The fourth-order valence-electron chi connectivity index (χ4n) is 2.71. The van der Waals surface area contributed by atoms with Crippen LogP contribution in [-0.2, 0) is 4.79 Å². The van der Waals surface area contributed by atoms with Crippen molar-refractivity contribution >= 4 is 5.97 Å². The molecule has 0 unspecified atom stereocenters. The molecule has 1 fully saturated rings. The van der Waals surface area contributed by atoms with Crippen molar-refractivity contribution in [1.29, 1.82) is 0 Å². The Morgan fingerprint density at radius 1 is 1.33 bits per heavy atom. The van der Waals surface area contributed by atoms with E-state index in [1.165, 1.54) is 25.7 Å². The van der Waals surface area contributed by atoms with Crippen molar-refractivity contribution in [2.75, 3.05) is 0 Å². The summed E-state index contributed by atoms with van der Waals surface area (Å²) >= 11 is 0. The molecular weight excluding hydrogens is 188 g/mol. The number of hydrogen-bond acceptors (Lipinski definition) is 1. The molecule has 0 aromatic heterocycles. The molecule has 2 heteroatoms. The molecule has 0 bridgehead atoms. The van der Waals surface area contributed by atoms with Gasteiger partial charge in [-0.25, -0.2) is 0 Å². The molecule has 0 saturated heterocycles. The molecule has 1 aliphatic carbocycles. The molecule has 1 N–H and O–H groups in total. The fraction of sp³-hybridized carbons (Fsp3) is 0.923. The van der Waals surface area contributed by atoms with Crippen LogP contribution in [0.5, 0.6) is 0 Å². The molecule has 0 aliphatic heterocycles. The maximum absolute atomic E-state index is 10.8. The van der Waals surface area contributed by atoms with Gasteiger partial charge in [-0.05, 0) is 42.4 Å². The number of rotatable bonds is 3. The minimum absolute atomic E-state index is 0.0394. The summed E-state index contributed by atoms with van der Waals surface area (Å²) in [5, 5.41) is 8.88. The summed E-state index contributed by atoms with van der Waals surface area (Å²) in [5.41, 5.74) is 0.429. The predicted octanol–water partition coefficient (Wildman–Crippen LogP) is 3.70. The van der Waals surface area contributed by atoms with E-state index in [2.05, 4.69) is 27.7 Å². The van der Waals surface area contributed by atoms with Crippen molar-refractivity contribution in [3.05, 3.63) is 0 Å². The van der Waals surface area contributed by atoms with Gasteiger partial charge in [-0.2, -0.15) is 0 Å². The average Bonchev–Trinajstić information content (AvgIpc) is 2.00. The van der Waals surface area contributed by atoms with Gasteiger partial charge in [-0.1, -0.05) is 27.7 Å². The highest BCUT2D eigenvalue weighted by Crippen LogP contribution is 2.46. The van der Waals surface area contributed by atoms with Gasteiger partial charge < -0.3 is 5.11 Å². The first kappa shape index (κ1) is 12.5. The van der Waals surface area contributed by atoms with Crippen LogP contribution < -0.4 is 0 Å². The topological polar surface area (TPSA) is 37.3 Å². The smallest absolute Gasteiger partial charge is 0.303 e. The maximum atomic E-state index is 10.8. The number of carbonyl (C=O) groups is 1. The first-order valence-corrected chi connectivity index (χ1v) is 5.95. The van der Waals surface area contributed by atoms with Gasteiger partial charge >= 0.3 is 5.97 Å². The van der Waals surface area contributed by atoms with Crippen LogP contribution in [0.4, 0.5) is 0 Å². The molecule has 0 aromatic rings. The Kier molecular flexibility index (Phi) is 3.47. The number of carboxylic acids is 1. The van der Waals surface area contributed by atoms with Gasteiger partial charge in [0.25, 0.3) is 0 Å². The summed E-state index contributed by atoms with van der Waals surface area (Å²) in [6.45, 7) is 8.83. The van der Waals surface area contributed by atoms with E-state index in [-0.39, 0.29) is 5.41 Å². The number of aliphatic carboxylic acids is 1. The summed E-state index contributed by atoms with van der Waals surface area (Å²) in [5.74, 6) is -0.0774. The quantitative estimate of drug-likeness (QED) is 0.774. The van der Waals surface area contributed by atoms with Crippen LogP contribution in [-0.4, -0.2) is 11.1 Å². The Morgan fingerprint density at radius 2 is 1.80 bits per heavy atom. The standard InChI is InChI=1S/C13H24O2/c1-12(2)7-5-10(6-8-12)13(3,4)9-11(14)15/h10H,5-9H2,1-4H3,(H,14,15). The van der Waals surface area contributed by atoms with Crippen LogP contribution in [0.15, 0.2) is 0 Å². The molecule has 0 heterocycles. The zero-order chi connectivity index (χ0) is 11.7. The largest absolute Gasteiger partial charge is 0.481 e. The van der Waals surface area contributed by atoms with Crippen molar-refractivity contribution < 1.29 is 9.90 Å². The molecule has 1 saturated carbocycles. The SMILES string of the molecule is CC1(C)CCC(C(C)(C)CC(=O)O)CC1. The van der Waals surface area contributed by atoms with Crippen LogP contribution in [0.25, 0.3) is 0 Å². The van der Waals surface area contributed by atoms with E-state index in [9.17, 15) is 4.79 Å². The number of hydrogen-bond donors (Lipinski definition) is 1. The average molecular weight is 212 g/mol. The van der Waals surface area contributed by atoms with Crippen LogP contribution in [0.1, 0.15) is 59.8 Å². The van der Waals surface area contributed by atoms with E-state index in [1.54, 1.807) is 0 Å². The Morgan fingerprint density at radius 3 is 2.20 bits per heavy atom. The molecule has 0 spiro atoms. The highest BCUT2D eigenvalue weighted by atomic mass is 16.4. The molecule has 0 atom stereocenters. The van der Waals surface area contributed by atoms with Gasteiger partial charge in [-0.15, -0.1) is 0 Å². The van der Waals surface area contributed by atoms with Crippen molar-refractivity contribution in [2.45, 2.75) is 59.8 Å². The summed E-state index contributed by atoms with van der Waals surface area (Å²) in [4.78, 5) is 10.8. The summed E-state index contributed by atoms with van der Waals surface area (Å²) < 4.78 is 0. The first-order valence-electron chi connectivity index (χ1n) is 5.95. The molecule has 0 radical (unpaired) electrons. The van der Waals surface area contributed by atoms with E-state index < -0.39 is 5.97 Å².